The van der Waals surface area contributed by atoms with Crippen LogP contribution in [0.2, 0.25) is 0 Å². The van der Waals surface area contributed by atoms with E-state index in [1.54, 1.807) is 19.1 Å². The first-order valence-electron chi connectivity index (χ1n) is 7.03. The van der Waals surface area contributed by atoms with Gasteiger partial charge < -0.3 is 15.2 Å². The molecular weight excluding hydrogens is 323 g/mol. The molecule has 128 valence electrons. The Labute approximate surface area is 136 Å². The number of rotatable bonds is 4. The van der Waals surface area contributed by atoms with Crippen molar-refractivity contribution in [3.05, 3.63) is 59.2 Å². The van der Waals surface area contributed by atoms with E-state index in [0.717, 1.165) is 12.1 Å². The van der Waals surface area contributed by atoms with E-state index in [0.29, 0.717) is 11.3 Å². The van der Waals surface area contributed by atoms with E-state index in [-0.39, 0.29) is 11.3 Å². The van der Waals surface area contributed by atoms with E-state index in [2.05, 4.69) is 5.32 Å². The number of halogens is 3. The van der Waals surface area contributed by atoms with E-state index >= 15 is 0 Å². The molecule has 0 spiro atoms. The van der Waals surface area contributed by atoms with Crippen LogP contribution in [0.1, 0.15) is 22.8 Å². The summed E-state index contributed by atoms with van der Waals surface area (Å²) >= 11 is 0. The average molecular weight is 339 g/mol. The Balaban J connectivity index is 2.22. The molecule has 2 N–H and O–H groups in total. The van der Waals surface area contributed by atoms with E-state index in [1.165, 1.54) is 25.3 Å². The minimum absolute atomic E-state index is 0.00299. The number of amides is 1. The summed E-state index contributed by atoms with van der Waals surface area (Å²) in [5.41, 5.74) is -0.151. The van der Waals surface area contributed by atoms with Gasteiger partial charge in [-0.25, -0.2) is 0 Å². The van der Waals surface area contributed by atoms with Gasteiger partial charge in [-0.1, -0.05) is 18.2 Å². The summed E-state index contributed by atoms with van der Waals surface area (Å²) in [5, 5.41) is 12.4. The predicted molar refractivity (Wildman–Crippen MR) is 82.8 cm³/mol. The Morgan fingerprint density at radius 1 is 1.21 bits per heavy atom. The highest BCUT2D eigenvalue weighted by molar-refractivity contribution is 5.95. The maximum Gasteiger partial charge on any atom is 0.416 e. The van der Waals surface area contributed by atoms with Crippen molar-refractivity contribution in [2.75, 3.05) is 12.4 Å². The molecule has 0 aliphatic rings. The summed E-state index contributed by atoms with van der Waals surface area (Å²) < 4.78 is 43.3. The average Bonchev–Trinajstić information content (AvgIpc) is 2.55. The van der Waals surface area contributed by atoms with Crippen LogP contribution >= 0.6 is 0 Å². The van der Waals surface area contributed by atoms with Gasteiger partial charge in [0.25, 0.3) is 5.91 Å². The van der Waals surface area contributed by atoms with Gasteiger partial charge in [-0.2, -0.15) is 13.2 Å². The van der Waals surface area contributed by atoms with Gasteiger partial charge in [0.2, 0.25) is 0 Å². The van der Waals surface area contributed by atoms with Gasteiger partial charge in [-0.15, -0.1) is 0 Å². The molecule has 0 aliphatic carbocycles. The number of alkyl halides is 3. The highest BCUT2D eigenvalue weighted by Crippen LogP contribution is 2.32. The molecule has 1 amide bonds. The van der Waals surface area contributed by atoms with Gasteiger partial charge in [-0.3, -0.25) is 4.79 Å². The molecule has 0 radical (unpaired) electrons. The Morgan fingerprint density at radius 3 is 2.54 bits per heavy atom. The van der Waals surface area contributed by atoms with Crippen LogP contribution in [0.3, 0.4) is 0 Å². The second kappa shape index (κ2) is 6.92. The van der Waals surface area contributed by atoms with E-state index in [4.69, 9.17) is 4.74 Å². The molecule has 2 aromatic carbocycles. The summed E-state index contributed by atoms with van der Waals surface area (Å²) in [4.78, 5) is 12.1. The number of hydrogen-bond donors (Lipinski definition) is 2. The number of hydrogen-bond acceptors (Lipinski definition) is 3. The molecule has 2 rings (SSSR count). The molecule has 0 aromatic heterocycles. The Kier molecular flexibility index (Phi) is 5.14. The zero-order chi connectivity index (χ0) is 17.9. The number of benzene rings is 2. The lowest BCUT2D eigenvalue weighted by atomic mass is 10.1. The second-order valence-electron chi connectivity index (χ2n) is 5.20. The fourth-order valence-electron chi connectivity index (χ4n) is 2.10. The largest absolute Gasteiger partial charge is 0.497 e. The molecule has 0 saturated heterocycles. The minimum Gasteiger partial charge on any atom is -0.497 e. The summed E-state index contributed by atoms with van der Waals surface area (Å²) in [6, 6.07) is 9.27. The number of carbonyl (C=O) groups excluding carboxylic acids is 1. The molecule has 0 aliphatic heterocycles. The van der Waals surface area contributed by atoms with Crippen LogP contribution < -0.4 is 10.1 Å². The monoisotopic (exact) mass is 339 g/mol. The van der Waals surface area contributed by atoms with Crippen molar-refractivity contribution in [2.24, 2.45) is 0 Å². The number of methoxy groups -OCH3 is 1. The van der Waals surface area contributed by atoms with Crippen molar-refractivity contribution in [2.45, 2.75) is 19.2 Å². The van der Waals surface area contributed by atoms with Crippen molar-refractivity contribution >= 4 is 11.6 Å². The van der Waals surface area contributed by atoms with Gasteiger partial charge in [-0.05, 0) is 42.3 Å². The Hall–Kier alpha value is -2.54. The van der Waals surface area contributed by atoms with Gasteiger partial charge in [0, 0.05) is 5.69 Å². The highest BCUT2D eigenvalue weighted by atomic mass is 19.4. The molecule has 0 saturated carbocycles. The molecule has 0 fully saturated rings. The lowest BCUT2D eigenvalue weighted by Gasteiger charge is -2.15. The number of aryl methyl sites for hydroxylation is 1. The first kappa shape index (κ1) is 17.8. The highest BCUT2D eigenvalue weighted by Gasteiger charge is 2.31. The molecule has 7 heteroatoms. The smallest absolute Gasteiger partial charge is 0.416 e. The maximum atomic E-state index is 12.8. The second-order valence-corrected chi connectivity index (χ2v) is 5.20. The van der Waals surface area contributed by atoms with Gasteiger partial charge in [0.15, 0.2) is 6.10 Å². The number of nitrogens with one attached hydrogen (secondary N) is 1. The Bertz CT molecular complexity index is 744. The van der Waals surface area contributed by atoms with Crippen molar-refractivity contribution in [3.63, 3.8) is 0 Å². The van der Waals surface area contributed by atoms with Crippen LogP contribution in [0, 0.1) is 6.92 Å². The van der Waals surface area contributed by atoms with Crippen molar-refractivity contribution in [1.82, 2.24) is 0 Å². The number of anilines is 1. The summed E-state index contributed by atoms with van der Waals surface area (Å²) in [6.07, 6.45) is -6.05. The lowest BCUT2D eigenvalue weighted by molar-refractivity contribution is -0.137. The summed E-state index contributed by atoms with van der Waals surface area (Å²) in [7, 11) is 1.44. The van der Waals surface area contributed by atoms with Crippen molar-refractivity contribution < 1.29 is 27.8 Å². The van der Waals surface area contributed by atoms with Crippen LogP contribution in [-0.2, 0) is 11.0 Å². The molecule has 0 bridgehead atoms. The van der Waals surface area contributed by atoms with Gasteiger partial charge in [0.05, 0.1) is 12.7 Å². The molecule has 2 aromatic rings. The predicted octanol–water partition coefficient (Wildman–Crippen LogP) is 3.69. The zero-order valence-electron chi connectivity index (χ0n) is 13.0. The normalized spacial score (nSPS) is 12.6. The number of aliphatic hydroxyl groups is 1. The standard InChI is InChI=1S/C17H16F3NO3/c1-10-6-7-12(17(18,19)20)9-14(10)21-16(23)15(22)11-4-3-5-13(8-11)24-2/h3-9,15,22H,1-2H3,(H,21,23). The molecule has 1 unspecified atom stereocenters. The van der Waals surface area contributed by atoms with E-state index in [1.807, 2.05) is 0 Å². The third-order valence-electron chi connectivity index (χ3n) is 3.48. The lowest BCUT2D eigenvalue weighted by Crippen LogP contribution is -2.21. The maximum absolute atomic E-state index is 12.8. The van der Waals surface area contributed by atoms with E-state index < -0.39 is 23.8 Å². The molecular formula is C17H16F3NO3. The quantitative estimate of drug-likeness (QED) is 0.893. The van der Waals surface area contributed by atoms with Gasteiger partial charge in [0.1, 0.15) is 5.75 Å². The number of aliphatic hydroxyl groups excluding tert-OH is 1. The first-order valence-corrected chi connectivity index (χ1v) is 7.03. The van der Waals surface area contributed by atoms with Crippen molar-refractivity contribution in [3.8, 4) is 5.75 Å². The van der Waals surface area contributed by atoms with Crippen LogP contribution in [0.5, 0.6) is 5.75 Å². The number of ether oxygens (including phenoxy) is 1. The molecule has 0 heterocycles. The SMILES string of the molecule is COc1cccc(C(O)C(=O)Nc2cc(C(F)(F)F)ccc2C)c1. The fraction of sp³-hybridized carbons (Fsp3) is 0.235. The molecule has 1 atom stereocenters. The zero-order valence-corrected chi connectivity index (χ0v) is 13.0. The van der Waals surface area contributed by atoms with Crippen molar-refractivity contribution in [1.29, 1.82) is 0 Å². The first-order chi connectivity index (χ1) is 11.2. The van der Waals surface area contributed by atoms with Crippen LogP contribution in [0.4, 0.5) is 18.9 Å². The molecule has 24 heavy (non-hydrogen) atoms. The third-order valence-corrected chi connectivity index (χ3v) is 3.48. The van der Waals surface area contributed by atoms with Gasteiger partial charge >= 0.3 is 6.18 Å². The van der Waals surface area contributed by atoms with Crippen LogP contribution in [0.15, 0.2) is 42.5 Å². The van der Waals surface area contributed by atoms with Crippen LogP contribution in [0.25, 0.3) is 0 Å². The number of carbonyl (C=O) groups is 1. The summed E-state index contributed by atoms with van der Waals surface area (Å²) in [5.74, 6) is -0.375. The minimum atomic E-state index is -4.52. The topological polar surface area (TPSA) is 58.6 Å². The molecule has 4 nitrogen and oxygen atoms in total. The third kappa shape index (κ3) is 4.05. The Morgan fingerprint density at radius 2 is 1.92 bits per heavy atom. The summed E-state index contributed by atoms with van der Waals surface area (Å²) in [6.45, 7) is 1.56. The van der Waals surface area contributed by atoms with E-state index in [9.17, 15) is 23.1 Å². The fourth-order valence-corrected chi connectivity index (χ4v) is 2.10. The van der Waals surface area contributed by atoms with Crippen LogP contribution in [-0.4, -0.2) is 18.1 Å².